The van der Waals surface area contributed by atoms with Gasteiger partial charge in [0.2, 0.25) is 0 Å². The zero-order chi connectivity index (χ0) is 14.6. The highest BCUT2D eigenvalue weighted by molar-refractivity contribution is 5.78. The molecule has 0 aliphatic rings. The molecule has 0 aliphatic carbocycles. The van der Waals surface area contributed by atoms with Crippen LogP contribution in [0, 0.1) is 0 Å². The predicted octanol–water partition coefficient (Wildman–Crippen LogP) is 3.78. The van der Waals surface area contributed by atoms with Gasteiger partial charge in [0.05, 0.1) is 0 Å². The van der Waals surface area contributed by atoms with Crippen LogP contribution < -0.4 is 0 Å². The van der Waals surface area contributed by atoms with Gasteiger partial charge in [-0.1, -0.05) is 71.0 Å². The van der Waals surface area contributed by atoms with Crippen molar-refractivity contribution in [1.29, 1.82) is 0 Å². The van der Waals surface area contributed by atoms with Crippen LogP contribution in [0.25, 0.3) is 0 Å². The summed E-state index contributed by atoms with van der Waals surface area (Å²) in [7, 11) is 0. The fraction of sp³-hybridized carbons (Fsp3) is 0.176. The van der Waals surface area contributed by atoms with E-state index in [9.17, 15) is 0 Å². The van der Waals surface area contributed by atoms with E-state index in [-0.39, 0.29) is 0 Å². The molecule has 2 rings (SSSR count). The molecule has 4 nitrogen and oxygen atoms in total. The van der Waals surface area contributed by atoms with Gasteiger partial charge in [-0.15, -0.1) is 0 Å². The molecular formula is C17H18N2O2. The summed E-state index contributed by atoms with van der Waals surface area (Å²) < 4.78 is 0. The maximum Gasteiger partial charge on any atom is 0.142 e. The average molecular weight is 282 g/mol. The van der Waals surface area contributed by atoms with Crippen molar-refractivity contribution in [3.05, 3.63) is 71.8 Å². The van der Waals surface area contributed by atoms with Crippen LogP contribution in [0.2, 0.25) is 0 Å². The first kappa shape index (κ1) is 14.8. The Bertz CT molecular complexity index is 502. The van der Waals surface area contributed by atoms with Crippen LogP contribution >= 0.6 is 0 Å². The van der Waals surface area contributed by atoms with E-state index in [1.165, 1.54) is 0 Å². The Morgan fingerprint density at radius 3 is 1.52 bits per heavy atom. The summed E-state index contributed by atoms with van der Waals surface area (Å²) in [6, 6.07) is 19.8. The first-order valence-corrected chi connectivity index (χ1v) is 6.80. The van der Waals surface area contributed by atoms with E-state index in [0.29, 0.717) is 19.6 Å². The molecule has 0 saturated carbocycles. The first-order valence-electron chi connectivity index (χ1n) is 6.80. The predicted molar refractivity (Wildman–Crippen MR) is 84.1 cm³/mol. The molecule has 0 amide bonds. The van der Waals surface area contributed by atoms with Crippen LogP contribution in [-0.2, 0) is 22.9 Å². The van der Waals surface area contributed by atoms with Crippen molar-refractivity contribution >= 4 is 12.4 Å². The molecule has 2 aromatic rings. The molecule has 0 radical (unpaired) electrons. The number of hydrogen-bond donors (Lipinski definition) is 0. The molecule has 0 atom stereocenters. The van der Waals surface area contributed by atoms with Crippen LogP contribution in [0.3, 0.4) is 0 Å². The second-order valence-corrected chi connectivity index (χ2v) is 4.33. The minimum atomic E-state index is 0.471. The van der Waals surface area contributed by atoms with Crippen LogP contribution in [0.5, 0.6) is 0 Å². The first-order chi connectivity index (χ1) is 10.4. The zero-order valence-corrected chi connectivity index (χ0v) is 11.8. The molecule has 21 heavy (non-hydrogen) atoms. The molecule has 0 saturated heterocycles. The Kier molecular flexibility index (Phi) is 6.55. The fourth-order valence-electron chi connectivity index (χ4n) is 1.61. The third-order valence-electron chi connectivity index (χ3n) is 2.66. The number of rotatable bonds is 8. The topological polar surface area (TPSA) is 43.2 Å². The Morgan fingerprint density at radius 2 is 1.10 bits per heavy atom. The molecule has 108 valence electrons. The molecule has 0 fully saturated rings. The molecule has 0 heterocycles. The molecular weight excluding hydrogens is 264 g/mol. The SMILES string of the molecule is C(/C/C=N/OCc1ccccc1)=N/OCc1ccccc1. The number of hydrogen-bond acceptors (Lipinski definition) is 4. The van der Waals surface area contributed by atoms with Gasteiger partial charge in [0.15, 0.2) is 0 Å². The van der Waals surface area contributed by atoms with Gasteiger partial charge in [-0.25, -0.2) is 0 Å². The fourth-order valence-corrected chi connectivity index (χ4v) is 1.61. The molecule has 0 bridgehead atoms. The third-order valence-corrected chi connectivity index (χ3v) is 2.66. The van der Waals surface area contributed by atoms with Gasteiger partial charge >= 0.3 is 0 Å². The Morgan fingerprint density at radius 1 is 0.667 bits per heavy atom. The van der Waals surface area contributed by atoms with Crippen molar-refractivity contribution in [2.24, 2.45) is 10.3 Å². The Labute approximate surface area is 124 Å². The Balaban J connectivity index is 1.54. The molecule has 4 heteroatoms. The highest BCUT2D eigenvalue weighted by atomic mass is 16.6. The van der Waals surface area contributed by atoms with Crippen LogP contribution in [0.4, 0.5) is 0 Å². The molecule has 0 N–H and O–H groups in total. The second kappa shape index (κ2) is 9.31. The van der Waals surface area contributed by atoms with Gasteiger partial charge in [0.25, 0.3) is 0 Å². The van der Waals surface area contributed by atoms with Gasteiger partial charge in [0.1, 0.15) is 13.2 Å². The van der Waals surface area contributed by atoms with Crippen molar-refractivity contribution in [3.63, 3.8) is 0 Å². The lowest BCUT2D eigenvalue weighted by molar-refractivity contribution is 0.130. The standard InChI is InChI=1S/C17H18N2O2/c1-3-8-16(9-4-1)14-20-18-12-7-13-19-21-15-17-10-5-2-6-11-17/h1-6,8-13H,7,14-15H2/b18-12-,19-13+. The molecule has 0 aliphatic heterocycles. The van der Waals surface area contributed by atoms with Gasteiger partial charge in [-0.05, 0) is 11.1 Å². The quantitative estimate of drug-likeness (QED) is 0.546. The van der Waals surface area contributed by atoms with E-state index >= 15 is 0 Å². The van der Waals surface area contributed by atoms with Crippen molar-refractivity contribution < 1.29 is 9.68 Å². The summed E-state index contributed by atoms with van der Waals surface area (Å²) in [5.41, 5.74) is 2.18. The lowest BCUT2D eigenvalue weighted by Gasteiger charge is -1.98. The van der Waals surface area contributed by atoms with E-state index in [2.05, 4.69) is 10.3 Å². The average Bonchev–Trinajstić information content (AvgIpc) is 2.55. The minimum Gasteiger partial charge on any atom is -0.391 e. The van der Waals surface area contributed by atoms with E-state index in [1.54, 1.807) is 12.4 Å². The van der Waals surface area contributed by atoms with Crippen LogP contribution in [0.1, 0.15) is 17.5 Å². The number of oxime groups is 2. The summed E-state index contributed by atoms with van der Waals surface area (Å²) >= 11 is 0. The van der Waals surface area contributed by atoms with Crippen molar-refractivity contribution in [2.75, 3.05) is 0 Å². The van der Waals surface area contributed by atoms with E-state index in [1.807, 2.05) is 60.7 Å². The number of nitrogens with zero attached hydrogens (tertiary/aromatic N) is 2. The van der Waals surface area contributed by atoms with Crippen molar-refractivity contribution in [3.8, 4) is 0 Å². The van der Waals surface area contributed by atoms with Gasteiger partial charge in [0, 0.05) is 18.9 Å². The van der Waals surface area contributed by atoms with Gasteiger partial charge in [-0.3, -0.25) is 0 Å². The largest absolute Gasteiger partial charge is 0.391 e. The Hall–Kier alpha value is -2.62. The molecule has 0 unspecified atom stereocenters. The maximum absolute atomic E-state index is 5.16. The van der Waals surface area contributed by atoms with Crippen molar-refractivity contribution in [2.45, 2.75) is 19.6 Å². The monoisotopic (exact) mass is 282 g/mol. The molecule has 0 spiro atoms. The van der Waals surface area contributed by atoms with Gasteiger partial charge in [-0.2, -0.15) is 0 Å². The second-order valence-electron chi connectivity index (χ2n) is 4.33. The maximum atomic E-state index is 5.16. The highest BCUT2D eigenvalue weighted by Gasteiger charge is 1.89. The van der Waals surface area contributed by atoms with E-state index in [4.69, 9.17) is 9.68 Å². The highest BCUT2D eigenvalue weighted by Crippen LogP contribution is 2.01. The van der Waals surface area contributed by atoms with Crippen LogP contribution in [-0.4, -0.2) is 12.4 Å². The van der Waals surface area contributed by atoms with E-state index in [0.717, 1.165) is 11.1 Å². The van der Waals surface area contributed by atoms with E-state index < -0.39 is 0 Å². The zero-order valence-electron chi connectivity index (χ0n) is 11.8. The summed E-state index contributed by atoms with van der Waals surface area (Å²) in [6.45, 7) is 0.942. The summed E-state index contributed by atoms with van der Waals surface area (Å²) in [5.74, 6) is 0. The van der Waals surface area contributed by atoms with Crippen LogP contribution in [0.15, 0.2) is 71.0 Å². The third kappa shape index (κ3) is 6.38. The molecule has 2 aromatic carbocycles. The number of benzene rings is 2. The van der Waals surface area contributed by atoms with Crippen molar-refractivity contribution in [1.82, 2.24) is 0 Å². The lowest BCUT2D eigenvalue weighted by atomic mass is 10.2. The molecule has 0 aromatic heterocycles. The normalized spacial score (nSPS) is 11.0. The summed E-state index contributed by atoms with van der Waals surface area (Å²) in [6.07, 6.45) is 3.88. The summed E-state index contributed by atoms with van der Waals surface area (Å²) in [5, 5.41) is 7.70. The lowest BCUT2D eigenvalue weighted by Crippen LogP contribution is -1.88. The minimum absolute atomic E-state index is 0.471. The van der Waals surface area contributed by atoms with Gasteiger partial charge < -0.3 is 9.68 Å². The smallest absolute Gasteiger partial charge is 0.142 e. The summed E-state index contributed by atoms with van der Waals surface area (Å²) in [4.78, 5) is 10.3.